The van der Waals surface area contributed by atoms with E-state index in [0.29, 0.717) is 17.9 Å². The summed E-state index contributed by atoms with van der Waals surface area (Å²) in [6.07, 6.45) is 0. The van der Waals surface area contributed by atoms with Gasteiger partial charge in [-0.25, -0.2) is 19.0 Å². The number of nitrogens with zero attached hydrogens (tertiary/aromatic N) is 7. The SMILES string of the molecule is Cc1cc(C(=O)Nc2c(C)nn(Cn3nc(C)c(Br)c3C)c2C)c2c(C)nn(C(C)C)c2n1. The third-order valence-electron chi connectivity index (χ3n) is 5.88. The lowest BCUT2D eigenvalue weighted by Crippen LogP contribution is -2.16. The summed E-state index contributed by atoms with van der Waals surface area (Å²) in [6, 6.07) is 1.96. The Labute approximate surface area is 201 Å². The summed E-state index contributed by atoms with van der Waals surface area (Å²) in [5, 5.41) is 17.7. The largest absolute Gasteiger partial charge is 0.319 e. The number of fused-ring (bicyclic) bond motifs is 1. The first-order valence-electron chi connectivity index (χ1n) is 10.9. The second-order valence-electron chi connectivity index (χ2n) is 8.76. The molecular weight excluding hydrogens is 484 g/mol. The van der Waals surface area contributed by atoms with Crippen molar-refractivity contribution < 1.29 is 4.79 Å². The van der Waals surface area contributed by atoms with Gasteiger partial charge < -0.3 is 5.32 Å². The Morgan fingerprint density at radius 1 is 0.970 bits per heavy atom. The van der Waals surface area contributed by atoms with Gasteiger partial charge in [-0.1, -0.05) is 0 Å². The summed E-state index contributed by atoms with van der Waals surface area (Å²) in [6.45, 7) is 16.2. The van der Waals surface area contributed by atoms with Crippen LogP contribution in [0.15, 0.2) is 10.5 Å². The van der Waals surface area contributed by atoms with Crippen molar-refractivity contribution in [2.24, 2.45) is 0 Å². The fraction of sp³-hybridized carbons (Fsp3) is 0.435. The van der Waals surface area contributed by atoms with Crippen molar-refractivity contribution in [3.63, 3.8) is 0 Å². The molecule has 4 aromatic rings. The molecule has 0 saturated carbocycles. The number of hydrogen-bond donors (Lipinski definition) is 1. The number of amides is 1. The Bertz CT molecular complexity index is 1390. The quantitative estimate of drug-likeness (QED) is 0.415. The summed E-state index contributed by atoms with van der Waals surface area (Å²) in [5.74, 6) is -0.198. The van der Waals surface area contributed by atoms with Gasteiger partial charge in [0.15, 0.2) is 5.65 Å². The van der Waals surface area contributed by atoms with E-state index in [1.54, 1.807) is 0 Å². The van der Waals surface area contributed by atoms with Gasteiger partial charge in [-0.3, -0.25) is 4.79 Å². The zero-order valence-corrected chi connectivity index (χ0v) is 21.9. The molecule has 0 radical (unpaired) electrons. The van der Waals surface area contributed by atoms with Crippen LogP contribution in [0.4, 0.5) is 5.69 Å². The van der Waals surface area contributed by atoms with Gasteiger partial charge in [-0.05, 0) is 77.4 Å². The minimum absolute atomic E-state index is 0.142. The van der Waals surface area contributed by atoms with Gasteiger partial charge in [-0.15, -0.1) is 0 Å². The van der Waals surface area contributed by atoms with E-state index in [9.17, 15) is 4.79 Å². The molecule has 0 aliphatic carbocycles. The molecule has 10 heteroatoms. The number of carbonyl (C=O) groups is 1. The maximum absolute atomic E-state index is 13.4. The summed E-state index contributed by atoms with van der Waals surface area (Å²) < 4.78 is 6.61. The molecule has 0 aliphatic rings. The second-order valence-corrected chi connectivity index (χ2v) is 9.55. The number of halogens is 1. The predicted octanol–water partition coefficient (Wildman–Crippen LogP) is 4.78. The molecule has 0 unspecified atom stereocenters. The van der Waals surface area contributed by atoms with Crippen LogP contribution < -0.4 is 5.32 Å². The Balaban J connectivity index is 1.70. The first-order chi connectivity index (χ1) is 15.5. The van der Waals surface area contributed by atoms with Gasteiger partial charge in [0.25, 0.3) is 5.91 Å². The van der Waals surface area contributed by atoms with Gasteiger partial charge >= 0.3 is 0 Å². The molecule has 0 fully saturated rings. The monoisotopic (exact) mass is 512 g/mol. The highest BCUT2D eigenvalue weighted by Gasteiger charge is 2.22. The number of anilines is 1. The Kier molecular flexibility index (Phi) is 5.90. The maximum atomic E-state index is 13.4. The molecule has 0 aromatic carbocycles. The van der Waals surface area contributed by atoms with Crippen LogP contribution in [0, 0.1) is 41.5 Å². The molecule has 1 amide bonds. The van der Waals surface area contributed by atoms with Crippen molar-refractivity contribution in [1.29, 1.82) is 0 Å². The van der Waals surface area contributed by atoms with Crippen molar-refractivity contribution in [3.05, 3.63) is 50.3 Å². The van der Waals surface area contributed by atoms with Gasteiger partial charge in [-0.2, -0.15) is 15.3 Å². The smallest absolute Gasteiger partial charge is 0.256 e. The lowest BCUT2D eigenvalue weighted by Gasteiger charge is -2.11. The highest BCUT2D eigenvalue weighted by Crippen LogP contribution is 2.27. The molecule has 4 rings (SSSR count). The number of rotatable bonds is 5. The molecule has 0 bridgehead atoms. The van der Waals surface area contributed by atoms with Gasteiger partial charge in [0, 0.05) is 11.7 Å². The van der Waals surface area contributed by atoms with Crippen LogP contribution in [0.5, 0.6) is 0 Å². The van der Waals surface area contributed by atoms with Gasteiger partial charge in [0.2, 0.25) is 0 Å². The van der Waals surface area contributed by atoms with Crippen LogP contribution in [0.1, 0.15) is 64.4 Å². The first-order valence-corrected chi connectivity index (χ1v) is 11.7. The van der Waals surface area contributed by atoms with Crippen molar-refractivity contribution in [3.8, 4) is 0 Å². The van der Waals surface area contributed by atoms with E-state index >= 15 is 0 Å². The average molecular weight is 513 g/mol. The normalized spacial score (nSPS) is 11.7. The minimum Gasteiger partial charge on any atom is -0.319 e. The van der Waals surface area contributed by atoms with E-state index in [-0.39, 0.29) is 11.9 Å². The molecule has 4 aromatic heterocycles. The zero-order chi connectivity index (χ0) is 24.2. The first kappa shape index (κ1) is 23.2. The molecule has 0 atom stereocenters. The fourth-order valence-corrected chi connectivity index (χ4v) is 4.40. The number of aromatic nitrogens is 7. The van der Waals surface area contributed by atoms with E-state index in [2.05, 4.69) is 55.4 Å². The minimum atomic E-state index is -0.198. The van der Waals surface area contributed by atoms with Crippen LogP contribution in [0.2, 0.25) is 0 Å². The summed E-state index contributed by atoms with van der Waals surface area (Å²) in [5.41, 5.74) is 7.12. The van der Waals surface area contributed by atoms with E-state index in [0.717, 1.165) is 49.7 Å². The predicted molar refractivity (Wildman–Crippen MR) is 132 cm³/mol. The zero-order valence-electron chi connectivity index (χ0n) is 20.3. The molecule has 0 spiro atoms. The Morgan fingerprint density at radius 2 is 1.61 bits per heavy atom. The standard InChI is InChI=1S/C23H29BrN8O/c1-11(2)32-22-19(13(4)29-32)18(9-12(3)25-22)23(33)26-21-15(6)28-31(17(21)8)10-30-16(7)20(24)14(5)27-30/h9,11H,10H2,1-8H3,(H,26,33). The molecule has 33 heavy (non-hydrogen) atoms. The number of nitrogens with one attached hydrogen (secondary N) is 1. The van der Waals surface area contributed by atoms with Crippen molar-refractivity contribution in [2.45, 2.75) is 68.1 Å². The van der Waals surface area contributed by atoms with Crippen LogP contribution in [0.3, 0.4) is 0 Å². The number of carbonyl (C=O) groups excluding carboxylic acids is 1. The average Bonchev–Trinajstić information content (AvgIpc) is 3.30. The lowest BCUT2D eigenvalue weighted by atomic mass is 10.1. The number of hydrogen-bond acceptors (Lipinski definition) is 5. The van der Waals surface area contributed by atoms with Crippen molar-refractivity contribution in [1.82, 2.24) is 34.3 Å². The van der Waals surface area contributed by atoms with E-state index in [1.165, 1.54) is 0 Å². The topological polar surface area (TPSA) is 95.5 Å². The van der Waals surface area contributed by atoms with Crippen LogP contribution in [-0.4, -0.2) is 40.2 Å². The number of pyridine rings is 1. The van der Waals surface area contributed by atoms with E-state index in [4.69, 9.17) is 0 Å². The van der Waals surface area contributed by atoms with E-state index in [1.807, 2.05) is 61.7 Å². The van der Waals surface area contributed by atoms with Gasteiger partial charge in [0.05, 0.1) is 49.6 Å². The highest BCUT2D eigenvalue weighted by molar-refractivity contribution is 9.10. The molecule has 4 heterocycles. The van der Waals surface area contributed by atoms with Crippen molar-refractivity contribution in [2.75, 3.05) is 5.32 Å². The number of aryl methyl sites for hydroxylation is 4. The molecule has 174 valence electrons. The van der Waals surface area contributed by atoms with Gasteiger partial charge in [0.1, 0.15) is 6.67 Å². The molecule has 0 saturated heterocycles. The summed E-state index contributed by atoms with van der Waals surface area (Å²) >= 11 is 3.57. The van der Waals surface area contributed by atoms with Crippen LogP contribution in [0.25, 0.3) is 11.0 Å². The molecule has 0 aliphatic heterocycles. The molecule has 1 N–H and O–H groups in total. The van der Waals surface area contributed by atoms with Crippen LogP contribution in [-0.2, 0) is 6.67 Å². The Morgan fingerprint density at radius 3 is 2.21 bits per heavy atom. The molecule has 9 nitrogen and oxygen atoms in total. The van der Waals surface area contributed by atoms with Crippen LogP contribution >= 0.6 is 15.9 Å². The lowest BCUT2D eigenvalue weighted by molar-refractivity contribution is 0.102. The fourth-order valence-electron chi connectivity index (χ4n) is 4.11. The Hall–Kier alpha value is -3.01. The third-order valence-corrected chi connectivity index (χ3v) is 7.03. The third kappa shape index (κ3) is 3.96. The van der Waals surface area contributed by atoms with Crippen molar-refractivity contribution >= 4 is 38.6 Å². The maximum Gasteiger partial charge on any atom is 0.256 e. The summed E-state index contributed by atoms with van der Waals surface area (Å²) in [7, 11) is 0. The second kappa shape index (κ2) is 8.40. The summed E-state index contributed by atoms with van der Waals surface area (Å²) in [4.78, 5) is 18.1. The van der Waals surface area contributed by atoms with E-state index < -0.39 is 0 Å². The molecular formula is C23H29BrN8O. The highest BCUT2D eigenvalue weighted by atomic mass is 79.9.